The topological polar surface area (TPSA) is 55.8 Å². The van der Waals surface area contributed by atoms with Crippen LogP contribution in [0.1, 0.15) is 22.3 Å². The second-order valence-corrected chi connectivity index (χ2v) is 5.75. The Morgan fingerprint density at radius 3 is 2.62 bits per heavy atom. The van der Waals surface area contributed by atoms with Crippen LogP contribution < -0.4 is 4.74 Å². The van der Waals surface area contributed by atoms with E-state index in [2.05, 4.69) is 6.07 Å². The van der Waals surface area contributed by atoms with Gasteiger partial charge in [-0.2, -0.15) is 0 Å². The molecule has 0 saturated heterocycles. The molecule has 0 bridgehead atoms. The largest absolute Gasteiger partial charge is 0.504 e. The number of phenols is 1. The van der Waals surface area contributed by atoms with Gasteiger partial charge in [-0.3, -0.25) is 0 Å². The van der Waals surface area contributed by atoms with Gasteiger partial charge in [0.05, 0.1) is 12.7 Å². The van der Waals surface area contributed by atoms with Gasteiger partial charge in [0.1, 0.15) is 5.76 Å². The average Bonchev–Trinajstić information content (AvgIpc) is 2.89. The molecule has 4 nitrogen and oxygen atoms in total. The molecule has 4 heteroatoms. The van der Waals surface area contributed by atoms with E-state index in [1.807, 2.05) is 26.0 Å². The Balaban J connectivity index is 1.97. The number of hydrogen-bond acceptors (Lipinski definition) is 4. The van der Waals surface area contributed by atoms with Crippen molar-refractivity contribution in [3.63, 3.8) is 0 Å². The van der Waals surface area contributed by atoms with Crippen molar-refractivity contribution in [1.82, 2.24) is 0 Å². The number of rotatable bonds is 3. The highest BCUT2D eigenvalue weighted by Gasteiger charge is 2.23. The van der Waals surface area contributed by atoms with Crippen molar-refractivity contribution in [2.45, 2.75) is 13.8 Å². The summed E-state index contributed by atoms with van der Waals surface area (Å²) in [6.45, 7) is 4.01. The van der Waals surface area contributed by atoms with Gasteiger partial charge < -0.3 is 14.6 Å². The van der Waals surface area contributed by atoms with Crippen molar-refractivity contribution >= 4 is 17.8 Å². The summed E-state index contributed by atoms with van der Waals surface area (Å²) in [5, 5.41) is 9.64. The molecule has 0 radical (unpaired) electrons. The number of carbonyl (C=O) groups is 1. The van der Waals surface area contributed by atoms with E-state index < -0.39 is 5.97 Å². The number of carbonyl (C=O) groups excluding carboxylic acids is 1. The third-order valence-electron chi connectivity index (χ3n) is 3.90. The Hall–Kier alpha value is -3.01. The molecule has 1 aliphatic rings. The van der Waals surface area contributed by atoms with E-state index in [0.717, 1.165) is 22.3 Å². The fourth-order valence-electron chi connectivity index (χ4n) is 2.68. The van der Waals surface area contributed by atoms with Crippen LogP contribution in [-0.4, -0.2) is 18.2 Å². The van der Waals surface area contributed by atoms with Crippen LogP contribution in [0.3, 0.4) is 0 Å². The smallest absolute Gasteiger partial charge is 0.343 e. The van der Waals surface area contributed by atoms with Crippen molar-refractivity contribution in [1.29, 1.82) is 0 Å². The van der Waals surface area contributed by atoms with Gasteiger partial charge in [-0.15, -0.1) is 0 Å². The third kappa shape index (κ3) is 3.04. The Bertz CT molecular complexity index is 875. The van der Waals surface area contributed by atoms with Gasteiger partial charge in [-0.05, 0) is 49.3 Å². The fraction of sp³-hybridized carbons (Fsp3) is 0.150. The van der Waals surface area contributed by atoms with E-state index in [-0.39, 0.29) is 5.75 Å². The van der Waals surface area contributed by atoms with Gasteiger partial charge in [0.2, 0.25) is 0 Å². The van der Waals surface area contributed by atoms with Crippen LogP contribution in [0.2, 0.25) is 0 Å². The number of ether oxygens (including phenoxy) is 2. The third-order valence-corrected chi connectivity index (χ3v) is 3.90. The molecule has 0 spiro atoms. The minimum Gasteiger partial charge on any atom is -0.504 e. The Kier molecular flexibility index (Phi) is 4.13. The number of hydrogen-bond donors (Lipinski definition) is 1. The molecule has 2 aromatic carbocycles. The van der Waals surface area contributed by atoms with E-state index in [1.54, 1.807) is 24.3 Å². The first-order valence-electron chi connectivity index (χ1n) is 7.58. The monoisotopic (exact) mass is 322 g/mol. The molecule has 3 rings (SSSR count). The lowest BCUT2D eigenvalue weighted by Gasteiger charge is -2.06. The van der Waals surface area contributed by atoms with Crippen molar-refractivity contribution in [2.75, 3.05) is 7.11 Å². The maximum atomic E-state index is 12.1. The number of esters is 1. The Morgan fingerprint density at radius 2 is 1.92 bits per heavy atom. The average molecular weight is 322 g/mol. The molecular weight excluding hydrogens is 304 g/mol. The molecule has 0 unspecified atom stereocenters. The molecule has 0 aromatic heterocycles. The molecule has 1 heterocycles. The summed E-state index contributed by atoms with van der Waals surface area (Å²) in [6.07, 6.45) is 3.44. The summed E-state index contributed by atoms with van der Waals surface area (Å²) in [6, 6.07) is 10.9. The zero-order valence-corrected chi connectivity index (χ0v) is 13.8. The molecule has 0 saturated carbocycles. The lowest BCUT2D eigenvalue weighted by molar-refractivity contribution is -0.130. The quantitative estimate of drug-likeness (QED) is 0.685. The van der Waals surface area contributed by atoms with E-state index in [4.69, 9.17) is 9.47 Å². The first-order valence-corrected chi connectivity index (χ1v) is 7.58. The SMILES string of the molecule is COc1cc(/C=C2\C=C(c3ccc(C)cc3C)OC2=O)ccc1O. The van der Waals surface area contributed by atoms with Gasteiger partial charge in [-0.1, -0.05) is 29.8 Å². The van der Waals surface area contributed by atoms with Crippen molar-refractivity contribution in [3.8, 4) is 11.5 Å². The molecule has 122 valence electrons. The summed E-state index contributed by atoms with van der Waals surface area (Å²) >= 11 is 0. The highest BCUT2D eigenvalue weighted by molar-refractivity contribution is 6.05. The molecule has 0 fully saturated rings. The Labute approximate surface area is 140 Å². The fourth-order valence-corrected chi connectivity index (χ4v) is 2.68. The zero-order chi connectivity index (χ0) is 17.3. The van der Waals surface area contributed by atoms with Crippen LogP contribution in [-0.2, 0) is 9.53 Å². The molecule has 0 aliphatic carbocycles. The lowest BCUT2D eigenvalue weighted by atomic mass is 10.0. The van der Waals surface area contributed by atoms with Gasteiger partial charge in [0.25, 0.3) is 0 Å². The van der Waals surface area contributed by atoms with Gasteiger partial charge in [-0.25, -0.2) is 4.79 Å². The van der Waals surface area contributed by atoms with Crippen LogP contribution in [0.15, 0.2) is 48.0 Å². The van der Waals surface area contributed by atoms with E-state index in [1.165, 1.54) is 13.2 Å². The number of aryl methyl sites for hydroxylation is 2. The summed E-state index contributed by atoms with van der Waals surface area (Å²) in [4.78, 5) is 12.1. The maximum absolute atomic E-state index is 12.1. The molecule has 0 atom stereocenters. The van der Waals surface area contributed by atoms with E-state index in [0.29, 0.717) is 17.1 Å². The standard InChI is InChI=1S/C20H18O4/c1-12-4-6-16(13(2)8-12)18-11-15(20(22)24-18)9-14-5-7-17(21)19(10-14)23-3/h4-11,21H,1-3H3/b15-9+. The number of benzene rings is 2. The number of cyclic esters (lactones) is 1. The zero-order valence-electron chi connectivity index (χ0n) is 13.8. The van der Waals surface area contributed by atoms with Gasteiger partial charge in [0, 0.05) is 5.56 Å². The second kappa shape index (κ2) is 6.24. The number of methoxy groups -OCH3 is 1. The predicted molar refractivity (Wildman–Crippen MR) is 92.6 cm³/mol. The maximum Gasteiger partial charge on any atom is 0.343 e. The minimum atomic E-state index is -0.392. The number of phenolic OH excluding ortho intramolecular Hbond substituents is 1. The summed E-state index contributed by atoms with van der Waals surface area (Å²) < 4.78 is 10.5. The second-order valence-electron chi connectivity index (χ2n) is 5.75. The molecule has 1 aliphatic heterocycles. The van der Waals surface area contributed by atoms with E-state index in [9.17, 15) is 9.90 Å². The molecular formula is C20H18O4. The summed E-state index contributed by atoms with van der Waals surface area (Å²) in [5.74, 6) is 0.570. The van der Waals surface area contributed by atoms with Crippen LogP contribution in [0.25, 0.3) is 11.8 Å². The minimum absolute atomic E-state index is 0.0557. The van der Waals surface area contributed by atoms with Crippen LogP contribution in [0.5, 0.6) is 11.5 Å². The normalized spacial score (nSPS) is 15.4. The number of aromatic hydroxyl groups is 1. The lowest BCUT2D eigenvalue weighted by Crippen LogP contribution is -1.98. The van der Waals surface area contributed by atoms with Gasteiger partial charge >= 0.3 is 5.97 Å². The molecule has 2 aromatic rings. The molecule has 1 N–H and O–H groups in total. The van der Waals surface area contributed by atoms with Crippen LogP contribution in [0.4, 0.5) is 0 Å². The van der Waals surface area contributed by atoms with Gasteiger partial charge in [0.15, 0.2) is 11.5 Å². The summed E-state index contributed by atoms with van der Waals surface area (Å²) in [5.41, 5.74) is 4.32. The molecule has 24 heavy (non-hydrogen) atoms. The summed E-state index contributed by atoms with van der Waals surface area (Å²) in [7, 11) is 1.48. The highest BCUT2D eigenvalue weighted by atomic mass is 16.5. The van der Waals surface area contributed by atoms with Crippen LogP contribution >= 0.6 is 0 Å². The first kappa shape index (κ1) is 15.9. The highest BCUT2D eigenvalue weighted by Crippen LogP contribution is 2.31. The Morgan fingerprint density at radius 1 is 1.12 bits per heavy atom. The predicted octanol–water partition coefficient (Wildman–Crippen LogP) is 4.00. The van der Waals surface area contributed by atoms with Crippen molar-refractivity contribution < 1.29 is 19.4 Å². The van der Waals surface area contributed by atoms with E-state index >= 15 is 0 Å². The van der Waals surface area contributed by atoms with Crippen LogP contribution in [0, 0.1) is 13.8 Å². The van der Waals surface area contributed by atoms with Crippen molar-refractivity contribution in [2.24, 2.45) is 0 Å². The first-order chi connectivity index (χ1) is 11.5. The molecule has 0 amide bonds. The van der Waals surface area contributed by atoms with Crippen molar-refractivity contribution in [3.05, 3.63) is 70.3 Å².